The number of hydrogen-bond acceptors (Lipinski definition) is 3. The summed E-state index contributed by atoms with van der Waals surface area (Å²) in [5, 5.41) is 3.52. The molecule has 1 aliphatic heterocycles. The highest BCUT2D eigenvalue weighted by molar-refractivity contribution is 5.50. The summed E-state index contributed by atoms with van der Waals surface area (Å²) in [6, 6.07) is 4.52. The zero-order chi connectivity index (χ0) is 11.5. The zero-order valence-electron chi connectivity index (χ0n) is 10.2. The van der Waals surface area contributed by atoms with E-state index in [1.807, 2.05) is 12.1 Å². The second-order valence-corrected chi connectivity index (χ2v) is 4.12. The van der Waals surface area contributed by atoms with Gasteiger partial charge >= 0.3 is 0 Å². The third kappa shape index (κ3) is 1.87. The lowest BCUT2D eigenvalue weighted by Gasteiger charge is -2.28. The fraction of sp³-hybridized carbons (Fsp3) is 0.538. The van der Waals surface area contributed by atoms with Gasteiger partial charge in [-0.2, -0.15) is 0 Å². The van der Waals surface area contributed by atoms with Crippen molar-refractivity contribution in [1.29, 1.82) is 0 Å². The molecule has 0 radical (unpaired) electrons. The summed E-state index contributed by atoms with van der Waals surface area (Å²) < 4.78 is 10.8. The van der Waals surface area contributed by atoms with Crippen LogP contribution in [0, 0.1) is 0 Å². The van der Waals surface area contributed by atoms with E-state index >= 15 is 0 Å². The largest absolute Gasteiger partial charge is 0.496 e. The molecule has 0 bridgehead atoms. The number of nitrogens with one attached hydrogen (secondary N) is 1. The molecule has 3 heteroatoms. The average molecular weight is 221 g/mol. The molecule has 88 valence electrons. The predicted octanol–water partition coefficient (Wildman–Crippen LogP) is 2.13. The monoisotopic (exact) mass is 221 g/mol. The topological polar surface area (TPSA) is 30.5 Å². The number of rotatable bonds is 3. The Morgan fingerprint density at radius 1 is 1.19 bits per heavy atom. The van der Waals surface area contributed by atoms with E-state index in [2.05, 4.69) is 12.2 Å². The van der Waals surface area contributed by atoms with Crippen LogP contribution in [0.5, 0.6) is 11.5 Å². The van der Waals surface area contributed by atoms with E-state index in [0.29, 0.717) is 6.04 Å². The van der Waals surface area contributed by atoms with Crippen LogP contribution in [0.3, 0.4) is 0 Å². The van der Waals surface area contributed by atoms with Crippen LogP contribution >= 0.6 is 0 Å². The minimum absolute atomic E-state index is 0.550. The van der Waals surface area contributed by atoms with Crippen molar-refractivity contribution < 1.29 is 9.47 Å². The lowest BCUT2D eigenvalue weighted by atomic mass is 9.93. The van der Waals surface area contributed by atoms with Gasteiger partial charge in [0, 0.05) is 23.7 Å². The molecular formula is C13H19NO2. The minimum atomic E-state index is 0.550. The summed E-state index contributed by atoms with van der Waals surface area (Å²) in [6.07, 6.45) is 2.16. The molecule has 0 fully saturated rings. The van der Waals surface area contributed by atoms with Gasteiger partial charge in [0.25, 0.3) is 0 Å². The van der Waals surface area contributed by atoms with Crippen molar-refractivity contribution in [2.24, 2.45) is 0 Å². The van der Waals surface area contributed by atoms with Crippen molar-refractivity contribution in [2.75, 3.05) is 14.2 Å². The molecule has 1 aliphatic rings. The van der Waals surface area contributed by atoms with Crippen LogP contribution in [0.15, 0.2) is 12.1 Å². The van der Waals surface area contributed by atoms with E-state index in [4.69, 9.17) is 9.47 Å². The summed E-state index contributed by atoms with van der Waals surface area (Å²) in [5.74, 6) is 1.94. The van der Waals surface area contributed by atoms with E-state index in [9.17, 15) is 0 Å². The Bertz CT molecular complexity index is 376. The molecule has 1 aromatic rings. The highest BCUT2D eigenvalue weighted by Crippen LogP contribution is 2.34. The van der Waals surface area contributed by atoms with Crippen LogP contribution in [0.4, 0.5) is 0 Å². The van der Waals surface area contributed by atoms with Gasteiger partial charge in [-0.3, -0.25) is 0 Å². The fourth-order valence-electron chi connectivity index (χ4n) is 2.30. The lowest BCUT2D eigenvalue weighted by molar-refractivity contribution is 0.374. The molecule has 1 aromatic carbocycles. The van der Waals surface area contributed by atoms with Crippen molar-refractivity contribution in [3.63, 3.8) is 0 Å². The number of ether oxygens (including phenoxy) is 2. The molecule has 0 spiro atoms. The predicted molar refractivity (Wildman–Crippen MR) is 64.2 cm³/mol. The van der Waals surface area contributed by atoms with E-state index in [1.54, 1.807) is 14.2 Å². The smallest absolute Gasteiger partial charge is 0.123 e. The van der Waals surface area contributed by atoms with Gasteiger partial charge in [-0.25, -0.2) is 0 Å². The number of methoxy groups -OCH3 is 2. The lowest BCUT2D eigenvalue weighted by Crippen LogP contribution is -2.35. The average Bonchev–Trinajstić information content (AvgIpc) is 2.36. The Kier molecular flexibility index (Phi) is 3.34. The molecule has 3 nitrogen and oxygen atoms in total. The van der Waals surface area contributed by atoms with Crippen molar-refractivity contribution >= 4 is 0 Å². The van der Waals surface area contributed by atoms with Crippen molar-refractivity contribution in [2.45, 2.75) is 32.4 Å². The number of hydrogen-bond donors (Lipinski definition) is 1. The molecule has 0 aromatic heterocycles. The van der Waals surface area contributed by atoms with E-state index in [0.717, 1.165) is 30.9 Å². The van der Waals surface area contributed by atoms with Gasteiger partial charge < -0.3 is 14.8 Å². The van der Waals surface area contributed by atoms with Crippen LogP contribution < -0.4 is 14.8 Å². The van der Waals surface area contributed by atoms with E-state index < -0.39 is 0 Å². The maximum absolute atomic E-state index is 5.42. The van der Waals surface area contributed by atoms with Crippen LogP contribution in [0.25, 0.3) is 0 Å². The van der Waals surface area contributed by atoms with Crippen LogP contribution in [-0.2, 0) is 13.0 Å². The summed E-state index contributed by atoms with van der Waals surface area (Å²) in [5.41, 5.74) is 2.54. The third-order valence-electron chi connectivity index (χ3n) is 3.30. The summed E-state index contributed by atoms with van der Waals surface area (Å²) >= 11 is 0. The fourth-order valence-corrected chi connectivity index (χ4v) is 2.30. The molecule has 1 N–H and O–H groups in total. The van der Waals surface area contributed by atoms with Gasteiger partial charge in [0.1, 0.15) is 11.5 Å². The Morgan fingerprint density at radius 2 is 1.81 bits per heavy atom. The molecule has 16 heavy (non-hydrogen) atoms. The van der Waals surface area contributed by atoms with Crippen LogP contribution in [-0.4, -0.2) is 20.3 Å². The molecular weight excluding hydrogens is 202 g/mol. The maximum Gasteiger partial charge on any atom is 0.123 e. The Labute approximate surface area is 96.8 Å². The van der Waals surface area contributed by atoms with Gasteiger partial charge in [0.15, 0.2) is 0 Å². The SMILES string of the molecule is CCC1Cc2c(OC)ccc(OC)c2CN1. The second kappa shape index (κ2) is 4.74. The molecule has 0 saturated carbocycles. The van der Waals surface area contributed by atoms with E-state index in [1.165, 1.54) is 11.1 Å². The molecule has 0 aliphatic carbocycles. The third-order valence-corrected chi connectivity index (χ3v) is 3.30. The molecule has 2 rings (SSSR count). The molecule has 1 heterocycles. The van der Waals surface area contributed by atoms with Crippen molar-refractivity contribution in [3.05, 3.63) is 23.3 Å². The zero-order valence-corrected chi connectivity index (χ0v) is 10.2. The summed E-state index contributed by atoms with van der Waals surface area (Å²) in [6.45, 7) is 3.07. The first-order chi connectivity index (χ1) is 7.80. The Hall–Kier alpha value is -1.22. The van der Waals surface area contributed by atoms with Gasteiger partial charge in [-0.05, 0) is 25.0 Å². The molecule has 1 atom stereocenters. The Balaban J connectivity index is 2.42. The molecule has 0 amide bonds. The standard InChI is InChI=1S/C13H19NO2/c1-4-9-7-10-11(8-14-9)13(16-3)6-5-12(10)15-2/h5-6,9,14H,4,7-8H2,1-3H3. The highest BCUT2D eigenvalue weighted by atomic mass is 16.5. The first-order valence-corrected chi connectivity index (χ1v) is 5.76. The Morgan fingerprint density at radius 3 is 2.38 bits per heavy atom. The first kappa shape index (κ1) is 11.3. The second-order valence-electron chi connectivity index (χ2n) is 4.12. The van der Waals surface area contributed by atoms with Gasteiger partial charge in [0.05, 0.1) is 14.2 Å². The minimum Gasteiger partial charge on any atom is -0.496 e. The first-order valence-electron chi connectivity index (χ1n) is 5.76. The van der Waals surface area contributed by atoms with Crippen molar-refractivity contribution in [1.82, 2.24) is 5.32 Å². The number of benzene rings is 1. The van der Waals surface area contributed by atoms with Gasteiger partial charge in [-0.15, -0.1) is 0 Å². The van der Waals surface area contributed by atoms with E-state index in [-0.39, 0.29) is 0 Å². The van der Waals surface area contributed by atoms with Gasteiger partial charge in [-0.1, -0.05) is 6.92 Å². The van der Waals surface area contributed by atoms with Crippen LogP contribution in [0.2, 0.25) is 0 Å². The highest BCUT2D eigenvalue weighted by Gasteiger charge is 2.22. The maximum atomic E-state index is 5.42. The summed E-state index contributed by atoms with van der Waals surface area (Å²) in [4.78, 5) is 0. The molecule has 0 saturated heterocycles. The number of fused-ring (bicyclic) bond motifs is 1. The van der Waals surface area contributed by atoms with Crippen molar-refractivity contribution in [3.8, 4) is 11.5 Å². The molecule has 1 unspecified atom stereocenters. The van der Waals surface area contributed by atoms with Gasteiger partial charge in [0.2, 0.25) is 0 Å². The normalized spacial score (nSPS) is 19.1. The summed E-state index contributed by atoms with van der Waals surface area (Å²) in [7, 11) is 3.44. The van der Waals surface area contributed by atoms with Crippen LogP contribution in [0.1, 0.15) is 24.5 Å². The quantitative estimate of drug-likeness (QED) is 0.848.